The van der Waals surface area contributed by atoms with E-state index in [1.165, 1.54) is 6.07 Å². The molecule has 0 unspecified atom stereocenters. The van der Waals surface area contributed by atoms with Crippen molar-refractivity contribution in [3.05, 3.63) is 81.9 Å². The van der Waals surface area contributed by atoms with Crippen LogP contribution in [0.4, 0.5) is 17.1 Å². The van der Waals surface area contributed by atoms with Crippen LogP contribution in [0.3, 0.4) is 0 Å². The van der Waals surface area contributed by atoms with Crippen molar-refractivity contribution in [2.45, 2.75) is 6.92 Å². The lowest BCUT2D eigenvalue weighted by Gasteiger charge is -2.28. The number of para-hydroxylation sites is 1. The van der Waals surface area contributed by atoms with Crippen molar-refractivity contribution in [3.63, 3.8) is 0 Å². The highest BCUT2D eigenvalue weighted by atomic mass is 16.6. The first-order valence-electron chi connectivity index (χ1n) is 10.9. The number of nitrogens with zero attached hydrogens (tertiary/aromatic N) is 3. The first-order chi connectivity index (χ1) is 16.5. The fourth-order valence-corrected chi connectivity index (χ4v) is 4.01. The maximum atomic E-state index is 13.1. The van der Waals surface area contributed by atoms with Gasteiger partial charge in [0.2, 0.25) is 5.89 Å². The van der Waals surface area contributed by atoms with Crippen LogP contribution in [0.25, 0.3) is 22.6 Å². The minimum absolute atomic E-state index is 0.114. The number of aromatic nitrogens is 1. The largest absolute Gasteiger partial charge is 0.436 e. The van der Waals surface area contributed by atoms with E-state index in [0.29, 0.717) is 54.7 Å². The minimum atomic E-state index is -0.462. The molecule has 3 aromatic carbocycles. The summed E-state index contributed by atoms with van der Waals surface area (Å²) < 4.78 is 11.2. The molecular formula is C25H22N4O5. The number of ether oxygens (including phenoxy) is 1. The molecule has 1 amide bonds. The molecule has 0 atom stereocenters. The number of anilines is 2. The number of nitro groups is 1. The van der Waals surface area contributed by atoms with Crippen molar-refractivity contribution in [3.8, 4) is 11.5 Å². The molecule has 1 aromatic heterocycles. The maximum absolute atomic E-state index is 13.1. The second-order valence-corrected chi connectivity index (χ2v) is 8.05. The van der Waals surface area contributed by atoms with Gasteiger partial charge in [0.15, 0.2) is 5.58 Å². The predicted molar refractivity (Wildman–Crippen MR) is 128 cm³/mol. The van der Waals surface area contributed by atoms with Crippen LogP contribution in [0, 0.1) is 17.0 Å². The number of nitro benzene ring substituents is 1. The number of hydrogen-bond acceptors (Lipinski definition) is 7. The van der Waals surface area contributed by atoms with Gasteiger partial charge in [-0.2, -0.15) is 0 Å². The van der Waals surface area contributed by atoms with E-state index in [-0.39, 0.29) is 11.3 Å². The molecule has 0 radical (unpaired) electrons. The van der Waals surface area contributed by atoms with E-state index in [2.05, 4.69) is 10.3 Å². The van der Waals surface area contributed by atoms with Crippen LogP contribution in [-0.4, -0.2) is 42.1 Å². The Hall–Kier alpha value is -4.24. The maximum Gasteiger partial charge on any atom is 0.293 e. The molecule has 4 aromatic rings. The fourth-order valence-electron chi connectivity index (χ4n) is 4.01. The number of oxazole rings is 1. The number of amides is 1. The fraction of sp³-hybridized carbons (Fsp3) is 0.200. The van der Waals surface area contributed by atoms with Crippen molar-refractivity contribution in [1.82, 2.24) is 4.98 Å². The molecule has 5 rings (SSSR count). The van der Waals surface area contributed by atoms with Crippen LogP contribution in [0.2, 0.25) is 0 Å². The van der Waals surface area contributed by atoms with E-state index >= 15 is 0 Å². The Bertz CT molecular complexity index is 1390. The second-order valence-electron chi connectivity index (χ2n) is 8.05. The second kappa shape index (κ2) is 8.95. The number of carbonyl (C=O) groups excluding carboxylic acids is 1. The molecule has 9 nitrogen and oxygen atoms in total. The Morgan fingerprint density at radius 3 is 2.68 bits per heavy atom. The first kappa shape index (κ1) is 21.6. The lowest BCUT2D eigenvalue weighted by atomic mass is 10.1. The lowest BCUT2D eigenvalue weighted by molar-refractivity contribution is -0.384. The van der Waals surface area contributed by atoms with E-state index in [9.17, 15) is 14.9 Å². The number of carbonyl (C=O) groups is 1. The van der Waals surface area contributed by atoms with Crippen molar-refractivity contribution in [2.75, 3.05) is 36.5 Å². The third kappa shape index (κ3) is 4.20. The molecule has 1 N–H and O–H groups in total. The highest BCUT2D eigenvalue weighted by Gasteiger charge is 2.24. The quantitative estimate of drug-likeness (QED) is 0.338. The monoisotopic (exact) mass is 458 g/mol. The Kier molecular flexibility index (Phi) is 5.69. The highest BCUT2D eigenvalue weighted by Crippen LogP contribution is 2.33. The van der Waals surface area contributed by atoms with Crippen LogP contribution in [0.1, 0.15) is 15.9 Å². The van der Waals surface area contributed by atoms with Crippen LogP contribution < -0.4 is 10.2 Å². The topological polar surface area (TPSA) is 111 Å². The van der Waals surface area contributed by atoms with Crippen molar-refractivity contribution in [1.29, 1.82) is 0 Å². The van der Waals surface area contributed by atoms with Crippen molar-refractivity contribution < 1.29 is 18.9 Å². The van der Waals surface area contributed by atoms with Crippen LogP contribution in [0.15, 0.2) is 65.1 Å². The van der Waals surface area contributed by atoms with Gasteiger partial charge in [-0.3, -0.25) is 14.9 Å². The number of rotatable bonds is 5. The zero-order valence-corrected chi connectivity index (χ0v) is 18.5. The van der Waals surface area contributed by atoms with Gasteiger partial charge in [-0.25, -0.2) is 4.98 Å². The van der Waals surface area contributed by atoms with E-state index in [0.717, 1.165) is 11.1 Å². The summed E-state index contributed by atoms with van der Waals surface area (Å²) in [6, 6.07) is 17.4. The number of morpholine rings is 1. The average molecular weight is 458 g/mol. The van der Waals surface area contributed by atoms with E-state index < -0.39 is 10.8 Å². The SMILES string of the molecule is Cc1ccc2oc(-c3ccccc3NC(=O)c3ccc(N4CCOCC4)c([N+](=O)[O-])c3)nc2c1. The summed E-state index contributed by atoms with van der Waals surface area (Å²) in [6.45, 7) is 4.11. The zero-order chi connectivity index (χ0) is 23.7. The van der Waals surface area contributed by atoms with Crippen molar-refractivity contribution >= 4 is 34.1 Å². The highest BCUT2D eigenvalue weighted by molar-refractivity contribution is 6.06. The Morgan fingerprint density at radius 2 is 1.88 bits per heavy atom. The summed E-state index contributed by atoms with van der Waals surface area (Å²) in [4.78, 5) is 30.8. The molecule has 9 heteroatoms. The summed E-state index contributed by atoms with van der Waals surface area (Å²) in [6.07, 6.45) is 0. The minimum Gasteiger partial charge on any atom is -0.436 e. The summed E-state index contributed by atoms with van der Waals surface area (Å²) in [7, 11) is 0. The van der Waals surface area contributed by atoms with E-state index in [1.54, 1.807) is 30.3 Å². The van der Waals surface area contributed by atoms with Crippen LogP contribution in [0.5, 0.6) is 0 Å². The number of hydrogen-bond donors (Lipinski definition) is 1. The smallest absolute Gasteiger partial charge is 0.293 e. The molecule has 0 bridgehead atoms. The summed E-state index contributed by atoms with van der Waals surface area (Å²) in [5.41, 5.74) is 4.10. The zero-order valence-electron chi connectivity index (χ0n) is 18.5. The third-order valence-electron chi connectivity index (χ3n) is 5.73. The Balaban J connectivity index is 1.44. The summed E-state index contributed by atoms with van der Waals surface area (Å²) in [5.74, 6) is -0.0822. The first-order valence-corrected chi connectivity index (χ1v) is 10.9. The van der Waals surface area contributed by atoms with Gasteiger partial charge in [-0.1, -0.05) is 18.2 Å². The lowest BCUT2D eigenvalue weighted by Crippen LogP contribution is -2.36. The van der Waals surface area contributed by atoms with Gasteiger partial charge in [-0.15, -0.1) is 0 Å². The molecule has 0 spiro atoms. The molecule has 1 fully saturated rings. The predicted octanol–water partition coefficient (Wildman–Crippen LogP) is 4.80. The third-order valence-corrected chi connectivity index (χ3v) is 5.73. The number of nitrogens with one attached hydrogen (secondary N) is 1. The Labute approximate surface area is 195 Å². The van der Waals surface area contributed by atoms with Crippen LogP contribution >= 0.6 is 0 Å². The number of fused-ring (bicyclic) bond motifs is 1. The van der Waals surface area contributed by atoms with E-state index in [4.69, 9.17) is 9.15 Å². The molecule has 2 heterocycles. The normalized spacial score (nSPS) is 13.7. The molecule has 34 heavy (non-hydrogen) atoms. The molecule has 172 valence electrons. The molecular weight excluding hydrogens is 436 g/mol. The number of benzene rings is 3. The van der Waals surface area contributed by atoms with Gasteiger partial charge in [-0.05, 0) is 48.9 Å². The molecule has 1 aliphatic heterocycles. The molecule has 1 aliphatic rings. The van der Waals surface area contributed by atoms with E-state index in [1.807, 2.05) is 36.1 Å². The standard InChI is InChI=1S/C25H22N4O5/c1-16-6-9-23-20(14-16)27-25(34-23)18-4-2-3-5-19(18)26-24(30)17-7-8-21(22(15-17)29(31)32)28-10-12-33-13-11-28/h2-9,14-15H,10-13H2,1H3,(H,26,30). The number of aryl methyl sites for hydroxylation is 1. The summed E-state index contributed by atoms with van der Waals surface area (Å²) in [5, 5.41) is 14.6. The summed E-state index contributed by atoms with van der Waals surface area (Å²) >= 11 is 0. The molecule has 1 saturated heterocycles. The van der Waals surface area contributed by atoms with Gasteiger partial charge >= 0.3 is 0 Å². The van der Waals surface area contributed by atoms with Gasteiger partial charge in [0.25, 0.3) is 11.6 Å². The molecule has 0 aliphatic carbocycles. The van der Waals surface area contributed by atoms with Gasteiger partial charge < -0.3 is 19.4 Å². The van der Waals surface area contributed by atoms with Crippen LogP contribution in [-0.2, 0) is 4.74 Å². The van der Waals surface area contributed by atoms with Gasteiger partial charge in [0, 0.05) is 24.7 Å². The van der Waals surface area contributed by atoms with Crippen molar-refractivity contribution in [2.24, 2.45) is 0 Å². The molecule has 0 saturated carbocycles. The van der Waals surface area contributed by atoms with Gasteiger partial charge in [0.05, 0.1) is 29.4 Å². The Morgan fingerprint density at radius 1 is 1.09 bits per heavy atom. The van der Waals surface area contributed by atoms with Gasteiger partial charge in [0.1, 0.15) is 11.2 Å². The average Bonchev–Trinajstić information content (AvgIpc) is 3.27.